The largest absolute Gasteiger partial charge is 0.394 e. The zero-order valence-electron chi connectivity index (χ0n) is 22.3. The molecular formula is C28H43N3O5. The number of ether oxygens (including phenoxy) is 1. The molecule has 7 atom stereocenters. The van der Waals surface area contributed by atoms with Gasteiger partial charge in [-0.25, -0.2) is 0 Å². The van der Waals surface area contributed by atoms with Gasteiger partial charge < -0.3 is 24.5 Å². The molecule has 8 nitrogen and oxygen atoms in total. The Morgan fingerprint density at radius 1 is 1.00 bits per heavy atom. The van der Waals surface area contributed by atoms with E-state index < -0.39 is 35.6 Å². The Balaban J connectivity index is 1.80. The molecule has 0 bridgehead atoms. The van der Waals surface area contributed by atoms with E-state index in [1.165, 1.54) is 0 Å². The van der Waals surface area contributed by atoms with Gasteiger partial charge in [-0.1, -0.05) is 71.3 Å². The summed E-state index contributed by atoms with van der Waals surface area (Å²) in [4.78, 5) is 47.5. The highest BCUT2D eigenvalue weighted by atomic mass is 16.5. The molecule has 36 heavy (non-hydrogen) atoms. The number of fused-ring (bicyclic) bond motifs is 2. The molecule has 8 heteroatoms. The molecule has 1 N–H and O–H groups in total. The van der Waals surface area contributed by atoms with E-state index in [4.69, 9.17) is 4.74 Å². The Morgan fingerprint density at radius 2 is 1.72 bits per heavy atom. The number of unbranched alkanes of at least 4 members (excludes halogenated alkanes) is 2. The highest BCUT2D eigenvalue weighted by Crippen LogP contribution is 2.54. The molecule has 3 amide bonds. The molecule has 2 fully saturated rings. The number of aliphatic hydroxyl groups is 1. The fourth-order valence-electron chi connectivity index (χ4n) is 6.57. The van der Waals surface area contributed by atoms with Gasteiger partial charge in [-0.3, -0.25) is 14.4 Å². The van der Waals surface area contributed by atoms with Crippen molar-refractivity contribution in [3.8, 4) is 0 Å². The summed E-state index contributed by atoms with van der Waals surface area (Å²) in [6.07, 6.45) is 11.7. The Labute approximate surface area is 215 Å². The molecule has 4 heterocycles. The van der Waals surface area contributed by atoms with E-state index in [2.05, 4.69) is 6.92 Å². The average molecular weight is 502 g/mol. The summed E-state index contributed by atoms with van der Waals surface area (Å²) in [6, 6.07) is -1.41. The van der Waals surface area contributed by atoms with Crippen LogP contribution < -0.4 is 0 Å². The van der Waals surface area contributed by atoms with Gasteiger partial charge in [0.2, 0.25) is 17.7 Å². The molecule has 0 radical (unpaired) electrons. The lowest BCUT2D eigenvalue weighted by Gasteiger charge is -2.40. The minimum atomic E-state index is -1.22. The van der Waals surface area contributed by atoms with E-state index in [9.17, 15) is 19.5 Å². The van der Waals surface area contributed by atoms with Crippen molar-refractivity contribution >= 4 is 17.7 Å². The van der Waals surface area contributed by atoms with Crippen molar-refractivity contribution in [2.24, 2.45) is 17.8 Å². The minimum Gasteiger partial charge on any atom is -0.394 e. The van der Waals surface area contributed by atoms with Crippen LogP contribution in [0, 0.1) is 17.8 Å². The minimum absolute atomic E-state index is 0.0134. The average Bonchev–Trinajstić information content (AvgIpc) is 3.19. The summed E-state index contributed by atoms with van der Waals surface area (Å²) in [5, 5.41) is 10.4. The summed E-state index contributed by atoms with van der Waals surface area (Å²) in [5.41, 5.74) is -1.22. The number of carbonyl (C=O) groups excluding carboxylic acids is 3. The first-order valence-electron chi connectivity index (χ1n) is 13.9. The van der Waals surface area contributed by atoms with Gasteiger partial charge in [0.1, 0.15) is 11.6 Å². The van der Waals surface area contributed by atoms with Crippen molar-refractivity contribution in [3.63, 3.8) is 0 Å². The lowest BCUT2D eigenvalue weighted by molar-refractivity contribution is -0.152. The maximum absolute atomic E-state index is 14.3. The second-order valence-corrected chi connectivity index (χ2v) is 10.8. The van der Waals surface area contributed by atoms with E-state index >= 15 is 0 Å². The SMILES string of the molecule is CCCCCN1CC=C[C@]23O[C@@H]4C=CCN(CCC)C(=O)[C@@H]4[C@H]2C(=O)N([C@@H](CO)[C@@H](C)CC)C3C1=O. The quantitative estimate of drug-likeness (QED) is 0.367. The number of nitrogens with zero attached hydrogens (tertiary/aromatic N) is 3. The van der Waals surface area contributed by atoms with Crippen LogP contribution in [0.2, 0.25) is 0 Å². The molecule has 4 rings (SSSR count). The summed E-state index contributed by atoms with van der Waals surface area (Å²) in [6.45, 7) is 10.1. The predicted molar refractivity (Wildman–Crippen MR) is 137 cm³/mol. The van der Waals surface area contributed by atoms with E-state index in [1.807, 2.05) is 50.0 Å². The van der Waals surface area contributed by atoms with Crippen LogP contribution in [0.15, 0.2) is 24.3 Å². The normalized spacial score (nSPS) is 33.4. The molecule has 0 aliphatic carbocycles. The van der Waals surface area contributed by atoms with E-state index in [0.29, 0.717) is 26.2 Å². The number of rotatable bonds is 10. The fraction of sp³-hybridized carbons (Fsp3) is 0.750. The second-order valence-electron chi connectivity index (χ2n) is 10.8. The summed E-state index contributed by atoms with van der Waals surface area (Å²) < 4.78 is 6.68. The van der Waals surface area contributed by atoms with Crippen LogP contribution in [0.25, 0.3) is 0 Å². The molecule has 1 unspecified atom stereocenters. The van der Waals surface area contributed by atoms with E-state index in [1.54, 1.807) is 9.80 Å². The Hall–Kier alpha value is -2.19. The van der Waals surface area contributed by atoms with Crippen LogP contribution >= 0.6 is 0 Å². The second kappa shape index (κ2) is 11.1. The van der Waals surface area contributed by atoms with Crippen molar-refractivity contribution in [2.75, 3.05) is 32.8 Å². The number of amides is 3. The first kappa shape index (κ1) is 26.9. The summed E-state index contributed by atoms with van der Waals surface area (Å²) in [7, 11) is 0. The molecule has 0 aromatic rings. The van der Waals surface area contributed by atoms with Crippen LogP contribution in [0.1, 0.15) is 59.8 Å². The van der Waals surface area contributed by atoms with Crippen molar-refractivity contribution in [3.05, 3.63) is 24.3 Å². The van der Waals surface area contributed by atoms with Gasteiger partial charge in [0.15, 0.2) is 0 Å². The third kappa shape index (κ3) is 4.30. The molecular weight excluding hydrogens is 458 g/mol. The van der Waals surface area contributed by atoms with Crippen LogP contribution in [-0.4, -0.2) is 94.1 Å². The molecule has 0 aromatic heterocycles. The van der Waals surface area contributed by atoms with Crippen molar-refractivity contribution in [1.29, 1.82) is 0 Å². The van der Waals surface area contributed by atoms with Gasteiger partial charge in [-0.15, -0.1) is 0 Å². The monoisotopic (exact) mass is 501 g/mol. The van der Waals surface area contributed by atoms with E-state index in [0.717, 1.165) is 32.1 Å². The predicted octanol–water partition coefficient (Wildman–Crippen LogP) is 2.37. The maximum Gasteiger partial charge on any atom is 0.249 e. The molecule has 0 saturated carbocycles. The van der Waals surface area contributed by atoms with Gasteiger partial charge in [-0.2, -0.15) is 0 Å². The molecule has 200 valence electrons. The lowest BCUT2D eigenvalue weighted by atomic mass is 9.77. The van der Waals surface area contributed by atoms with Gasteiger partial charge in [0.25, 0.3) is 0 Å². The first-order chi connectivity index (χ1) is 17.4. The molecule has 2 saturated heterocycles. The zero-order valence-corrected chi connectivity index (χ0v) is 22.3. The number of likely N-dealkylation sites (tertiary alicyclic amines) is 1. The molecule has 4 aliphatic heterocycles. The van der Waals surface area contributed by atoms with Crippen LogP contribution in [0.4, 0.5) is 0 Å². The van der Waals surface area contributed by atoms with Gasteiger partial charge in [-0.05, 0) is 18.8 Å². The number of aliphatic hydroxyl groups excluding tert-OH is 1. The summed E-state index contributed by atoms with van der Waals surface area (Å²) in [5.74, 6) is -1.98. The van der Waals surface area contributed by atoms with Gasteiger partial charge in [0.05, 0.1) is 30.6 Å². The highest BCUT2D eigenvalue weighted by molar-refractivity contribution is 6.00. The van der Waals surface area contributed by atoms with Gasteiger partial charge >= 0.3 is 0 Å². The standard InChI is InChI=1S/C28H43N3O5/c1-5-8-9-15-30-17-11-13-28-23(22-21(36-28)12-10-16-29(14-6-2)25(22)33)26(34)31(24(28)27(30)35)20(18-32)19(4)7-3/h10-13,19-24,32H,5-9,14-18H2,1-4H3/t19-,20-,21+,22-,23-,24?,28-/m0/s1. The Morgan fingerprint density at radius 3 is 2.39 bits per heavy atom. The molecule has 4 aliphatic rings. The zero-order chi connectivity index (χ0) is 26.0. The lowest BCUT2D eigenvalue weighted by Crippen LogP contribution is -2.59. The summed E-state index contributed by atoms with van der Waals surface area (Å²) >= 11 is 0. The van der Waals surface area contributed by atoms with E-state index in [-0.39, 0.29) is 30.2 Å². The third-order valence-corrected chi connectivity index (χ3v) is 8.63. The van der Waals surface area contributed by atoms with Gasteiger partial charge in [0, 0.05) is 26.2 Å². The van der Waals surface area contributed by atoms with Crippen LogP contribution in [0.3, 0.4) is 0 Å². The molecule has 0 aromatic carbocycles. The topological polar surface area (TPSA) is 90.4 Å². The Kier molecular flexibility index (Phi) is 8.25. The number of carbonyl (C=O) groups is 3. The number of hydrogen-bond acceptors (Lipinski definition) is 5. The number of hydrogen-bond donors (Lipinski definition) is 1. The van der Waals surface area contributed by atoms with Crippen LogP contribution in [0.5, 0.6) is 0 Å². The third-order valence-electron chi connectivity index (χ3n) is 8.63. The smallest absolute Gasteiger partial charge is 0.249 e. The molecule has 1 spiro atoms. The highest BCUT2D eigenvalue weighted by Gasteiger charge is 2.72. The van der Waals surface area contributed by atoms with Crippen LogP contribution in [-0.2, 0) is 19.1 Å². The fourth-order valence-corrected chi connectivity index (χ4v) is 6.57. The Bertz CT molecular complexity index is 904. The maximum atomic E-state index is 14.3. The van der Waals surface area contributed by atoms with Crippen molar-refractivity contribution in [1.82, 2.24) is 14.7 Å². The van der Waals surface area contributed by atoms with Crippen molar-refractivity contribution in [2.45, 2.75) is 83.6 Å². The first-order valence-corrected chi connectivity index (χ1v) is 13.9. The van der Waals surface area contributed by atoms with Crippen molar-refractivity contribution < 1.29 is 24.2 Å².